The van der Waals surface area contributed by atoms with Crippen molar-refractivity contribution in [1.29, 1.82) is 0 Å². The smallest absolute Gasteiger partial charge is 0.326 e. The van der Waals surface area contributed by atoms with E-state index in [1.807, 2.05) is 0 Å². The number of amides is 1. The van der Waals surface area contributed by atoms with Gasteiger partial charge >= 0.3 is 5.97 Å². The van der Waals surface area contributed by atoms with Crippen LogP contribution in [0.2, 0.25) is 0 Å². The van der Waals surface area contributed by atoms with Gasteiger partial charge in [-0.25, -0.2) is 4.79 Å². The Kier molecular flexibility index (Phi) is 2.40. The van der Waals surface area contributed by atoms with Crippen molar-refractivity contribution in [2.75, 3.05) is 6.54 Å². The Balaban J connectivity index is 2.17. The molecule has 1 aromatic rings. The number of carbonyl (C=O) groups excluding carboxylic acids is 1. The molecule has 0 bridgehead atoms. The molecule has 0 aliphatic carbocycles. The van der Waals surface area contributed by atoms with Crippen LogP contribution in [0.5, 0.6) is 0 Å². The van der Waals surface area contributed by atoms with E-state index < -0.39 is 12.0 Å². The first-order chi connectivity index (χ1) is 7.20. The number of nitrogens with zero attached hydrogens (tertiary/aromatic N) is 2. The molecule has 80 valence electrons. The van der Waals surface area contributed by atoms with Gasteiger partial charge in [0.15, 0.2) is 5.69 Å². The fourth-order valence-electron chi connectivity index (χ4n) is 1.74. The predicted molar refractivity (Wildman–Crippen MR) is 48.2 cm³/mol. The molecule has 0 saturated carbocycles. The Morgan fingerprint density at radius 1 is 1.60 bits per heavy atom. The Morgan fingerprint density at radius 2 is 2.40 bits per heavy atom. The van der Waals surface area contributed by atoms with E-state index >= 15 is 0 Å². The van der Waals surface area contributed by atoms with E-state index in [4.69, 9.17) is 5.11 Å². The second-order valence-electron chi connectivity index (χ2n) is 3.38. The number of hydrogen-bond donors (Lipinski definition) is 1. The molecule has 1 atom stereocenters. The van der Waals surface area contributed by atoms with Gasteiger partial charge in [0, 0.05) is 12.6 Å². The molecular formula is C9H10N2O4. The first kappa shape index (κ1) is 9.70. The molecule has 1 aromatic heterocycles. The van der Waals surface area contributed by atoms with Gasteiger partial charge in [0.05, 0.1) is 0 Å². The average Bonchev–Trinajstić information content (AvgIpc) is 2.88. The topological polar surface area (TPSA) is 83.6 Å². The van der Waals surface area contributed by atoms with Crippen LogP contribution in [-0.2, 0) is 4.79 Å². The Bertz CT molecular complexity index is 373. The normalized spacial score (nSPS) is 20.5. The molecule has 1 fully saturated rings. The van der Waals surface area contributed by atoms with E-state index in [1.165, 1.54) is 17.2 Å². The molecule has 1 aliphatic heterocycles. The molecule has 2 rings (SSSR count). The number of hydrogen-bond acceptors (Lipinski definition) is 4. The summed E-state index contributed by atoms with van der Waals surface area (Å²) in [4.78, 5) is 23.9. The molecular weight excluding hydrogens is 200 g/mol. The predicted octanol–water partition coefficient (Wildman–Crippen LogP) is 0.364. The van der Waals surface area contributed by atoms with Gasteiger partial charge in [0.25, 0.3) is 5.91 Å². The number of aromatic nitrogens is 1. The molecule has 15 heavy (non-hydrogen) atoms. The Hall–Kier alpha value is -1.85. The summed E-state index contributed by atoms with van der Waals surface area (Å²) in [5.41, 5.74) is 0.156. The van der Waals surface area contributed by atoms with E-state index in [9.17, 15) is 9.59 Å². The zero-order valence-electron chi connectivity index (χ0n) is 7.92. The van der Waals surface area contributed by atoms with Crippen LogP contribution in [0.1, 0.15) is 23.3 Å². The van der Waals surface area contributed by atoms with E-state index in [1.54, 1.807) is 0 Å². The average molecular weight is 210 g/mol. The van der Waals surface area contributed by atoms with Crippen LogP contribution in [0.4, 0.5) is 0 Å². The number of aliphatic carboxylic acids is 1. The molecule has 1 amide bonds. The van der Waals surface area contributed by atoms with Crippen molar-refractivity contribution in [3.8, 4) is 0 Å². The highest BCUT2D eigenvalue weighted by molar-refractivity contribution is 5.95. The maximum Gasteiger partial charge on any atom is 0.326 e. The lowest BCUT2D eigenvalue weighted by molar-refractivity contribution is -0.141. The minimum absolute atomic E-state index is 0.156. The lowest BCUT2D eigenvalue weighted by Crippen LogP contribution is -2.40. The van der Waals surface area contributed by atoms with Gasteiger partial charge in [0.1, 0.15) is 12.3 Å². The van der Waals surface area contributed by atoms with E-state index in [-0.39, 0.29) is 11.6 Å². The van der Waals surface area contributed by atoms with Gasteiger partial charge in [-0.2, -0.15) is 0 Å². The van der Waals surface area contributed by atoms with Gasteiger partial charge in [0.2, 0.25) is 0 Å². The van der Waals surface area contributed by atoms with Crippen molar-refractivity contribution in [3.63, 3.8) is 0 Å². The monoisotopic (exact) mass is 210 g/mol. The van der Waals surface area contributed by atoms with Gasteiger partial charge in [-0.05, 0) is 12.8 Å². The van der Waals surface area contributed by atoms with Gasteiger partial charge in [-0.1, -0.05) is 5.16 Å². The molecule has 1 N–H and O–H groups in total. The maximum absolute atomic E-state index is 11.8. The highest BCUT2D eigenvalue weighted by Gasteiger charge is 2.35. The fraction of sp³-hybridized carbons (Fsp3) is 0.444. The SMILES string of the molecule is O=C(O)[C@H]1CCCN1C(=O)c1ccon1. The number of rotatable bonds is 2. The van der Waals surface area contributed by atoms with E-state index in [0.717, 1.165) is 0 Å². The van der Waals surface area contributed by atoms with Crippen LogP contribution in [0, 0.1) is 0 Å². The lowest BCUT2D eigenvalue weighted by atomic mass is 10.2. The van der Waals surface area contributed by atoms with Crippen molar-refractivity contribution in [2.24, 2.45) is 0 Å². The summed E-state index contributed by atoms with van der Waals surface area (Å²) in [6, 6.07) is 0.703. The molecule has 0 aromatic carbocycles. The first-order valence-electron chi connectivity index (χ1n) is 4.64. The second-order valence-corrected chi connectivity index (χ2v) is 3.38. The van der Waals surface area contributed by atoms with Crippen LogP contribution in [0.3, 0.4) is 0 Å². The quantitative estimate of drug-likeness (QED) is 0.762. The third kappa shape index (κ3) is 1.70. The van der Waals surface area contributed by atoms with Crippen molar-refractivity contribution in [1.82, 2.24) is 10.1 Å². The number of carboxylic acid groups (broad SMARTS) is 1. The van der Waals surface area contributed by atoms with Gasteiger partial charge in [-0.3, -0.25) is 4.79 Å². The van der Waals surface area contributed by atoms with E-state index in [2.05, 4.69) is 9.68 Å². The molecule has 6 nitrogen and oxygen atoms in total. The number of carbonyl (C=O) groups is 2. The molecule has 1 aliphatic rings. The third-order valence-electron chi connectivity index (χ3n) is 2.46. The van der Waals surface area contributed by atoms with Crippen molar-refractivity contribution >= 4 is 11.9 Å². The van der Waals surface area contributed by atoms with E-state index in [0.29, 0.717) is 19.4 Å². The zero-order chi connectivity index (χ0) is 10.8. The Labute approximate surface area is 85.5 Å². The van der Waals surface area contributed by atoms with Crippen LogP contribution in [0.25, 0.3) is 0 Å². The molecule has 1 saturated heterocycles. The van der Waals surface area contributed by atoms with Crippen molar-refractivity contribution in [3.05, 3.63) is 18.0 Å². The summed E-state index contributed by atoms with van der Waals surface area (Å²) in [6.07, 6.45) is 2.50. The van der Waals surface area contributed by atoms with Crippen molar-refractivity contribution < 1.29 is 19.2 Å². The van der Waals surface area contributed by atoms with Gasteiger partial charge in [-0.15, -0.1) is 0 Å². The van der Waals surface area contributed by atoms with Crippen LogP contribution >= 0.6 is 0 Å². The maximum atomic E-state index is 11.8. The standard InChI is InChI=1S/C9H10N2O4/c12-8(6-3-5-15-10-6)11-4-1-2-7(11)9(13)14/h3,5,7H,1-2,4H2,(H,13,14)/t7-/m1/s1. The molecule has 0 spiro atoms. The van der Waals surface area contributed by atoms with Crippen molar-refractivity contribution in [2.45, 2.75) is 18.9 Å². The summed E-state index contributed by atoms with van der Waals surface area (Å²) < 4.78 is 4.55. The highest BCUT2D eigenvalue weighted by Crippen LogP contribution is 2.19. The van der Waals surface area contributed by atoms with Crippen LogP contribution in [-0.4, -0.2) is 39.6 Å². The zero-order valence-corrected chi connectivity index (χ0v) is 7.92. The molecule has 0 unspecified atom stereocenters. The summed E-state index contributed by atoms with van der Waals surface area (Å²) in [5, 5.41) is 12.4. The minimum Gasteiger partial charge on any atom is -0.480 e. The first-order valence-corrected chi connectivity index (χ1v) is 4.64. The summed E-state index contributed by atoms with van der Waals surface area (Å²) in [6.45, 7) is 0.461. The molecule has 6 heteroatoms. The largest absolute Gasteiger partial charge is 0.480 e. The summed E-state index contributed by atoms with van der Waals surface area (Å²) in [5.74, 6) is -1.35. The van der Waals surface area contributed by atoms with Crippen LogP contribution in [0.15, 0.2) is 16.9 Å². The fourth-order valence-corrected chi connectivity index (χ4v) is 1.74. The highest BCUT2D eigenvalue weighted by atomic mass is 16.5. The van der Waals surface area contributed by atoms with Gasteiger partial charge < -0.3 is 14.5 Å². The Morgan fingerprint density at radius 3 is 3.00 bits per heavy atom. The third-order valence-corrected chi connectivity index (χ3v) is 2.46. The van der Waals surface area contributed by atoms with Crippen LogP contribution < -0.4 is 0 Å². The molecule has 0 radical (unpaired) electrons. The summed E-state index contributed by atoms with van der Waals surface area (Å²) >= 11 is 0. The minimum atomic E-state index is -0.968. The number of likely N-dealkylation sites (tertiary alicyclic amines) is 1. The summed E-state index contributed by atoms with van der Waals surface area (Å²) in [7, 11) is 0. The lowest BCUT2D eigenvalue weighted by Gasteiger charge is -2.19. The number of carboxylic acids is 1. The second kappa shape index (κ2) is 3.72. The molecule has 2 heterocycles.